The summed E-state index contributed by atoms with van der Waals surface area (Å²) in [4.78, 5) is 21.8. The van der Waals surface area contributed by atoms with Gasteiger partial charge in [0, 0.05) is 24.4 Å². The molecule has 2 heterocycles. The van der Waals surface area contributed by atoms with Gasteiger partial charge in [-0.15, -0.1) is 0 Å². The van der Waals surface area contributed by atoms with Crippen LogP contribution in [-0.2, 0) is 4.74 Å². The molecule has 2 fully saturated rings. The van der Waals surface area contributed by atoms with Gasteiger partial charge in [-0.25, -0.2) is 19.2 Å². The summed E-state index contributed by atoms with van der Waals surface area (Å²) in [6.07, 6.45) is 1.21. The van der Waals surface area contributed by atoms with Gasteiger partial charge in [0.05, 0.1) is 18.2 Å². The number of rotatable bonds is 4. The second-order valence-electron chi connectivity index (χ2n) is 8.69. The number of alkyl halides is 1. The number of benzene rings is 1. The Bertz CT molecular complexity index is 948. The number of carbonyl (C=O) groups is 1. The lowest BCUT2D eigenvalue weighted by Crippen LogP contribution is -2.50. The molecule has 0 radical (unpaired) electrons. The number of piperidine rings is 1. The third-order valence-electron chi connectivity index (χ3n) is 4.88. The van der Waals surface area contributed by atoms with Crippen LogP contribution in [0.2, 0.25) is 5.15 Å². The number of carbonyl (C=O) groups excluding carboxylic acids is 1. The second kappa shape index (κ2) is 8.06. The molecule has 0 unspecified atom stereocenters. The number of hydrogen-bond acceptors (Lipinski definition) is 6. The monoisotopic (exact) mass is 437 g/mol. The van der Waals surface area contributed by atoms with E-state index in [0.29, 0.717) is 40.5 Å². The fourth-order valence-electron chi connectivity index (χ4n) is 3.25. The Hall–Kier alpha value is -2.35. The third-order valence-corrected chi connectivity index (χ3v) is 5.18. The average molecular weight is 438 g/mol. The van der Waals surface area contributed by atoms with Crippen LogP contribution >= 0.6 is 11.6 Å². The van der Waals surface area contributed by atoms with Crippen LogP contribution in [0.3, 0.4) is 0 Å². The van der Waals surface area contributed by atoms with E-state index in [1.807, 2.05) is 0 Å². The average Bonchev–Trinajstić information content (AvgIpc) is 3.47. The molecular formula is C21H25ClFN3O4. The van der Waals surface area contributed by atoms with Crippen molar-refractivity contribution in [3.63, 3.8) is 0 Å². The maximum absolute atomic E-state index is 14.9. The Labute approximate surface area is 179 Å². The molecule has 1 amide bonds. The van der Waals surface area contributed by atoms with Crippen LogP contribution < -0.4 is 9.47 Å². The van der Waals surface area contributed by atoms with E-state index in [-0.39, 0.29) is 12.6 Å². The number of nitrogens with zero attached hydrogens (tertiary/aromatic N) is 3. The first kappa shape index (κ1) is 20.9. The molecule has 1 aromatic carbocycles. The maximum Gasteiger partial charge on any atom is 0.410 e. The summed E-state index contributed by atoms with van der Waals surface area (Å²) in [7, 11) is 0. The zero-order valence-corrected chi connectivity index (χ0v) is 18.0. The number of fused-ring (bicyclic) bond motifs is 1. The molecule has 2 aliphatic rings. The van der Waals surface area contributed by atoms with E-state index in [1.54, 1.807) is 32.9 Å². The molecule has 0 bridgehead atoms. The quantitative estimate of drug-likeness (QED) is 0.653. The van der Waals surface area contributed by atoms with E-state index in [0.717, 1.165) is 12.8 Å². The lowest BCUT2D eigenvalue weighted by molar-refractivity contribution is -0.0111. The number of hydrogen-bond donors (Lipinski definition) is 0. The number of amides is 1. The van der Waals surface area contributed by atoms with E-state index < -0.39 is 24.0 Å². The fraction of sp³-hybridized carbons (Fsp3) is 0.571. The Kier molecular flexibility index (Phi) is 5.61. The van der Waals surface area contributed by atoms with Crippen LogP contribution in [0.1, 0.15) is 40.0 Å². The molecule has 4 rings (SSSR count). The third kappa shape index (κ3) is 4.86. The minimum Gasteiger partial charge on any atom is -0.486 e. The Balaban J connectivity index is 1.51. The van der Waals surface area contributed by atoms with Gasteiger partial charge in [-0.3, -0.25) is 0 Å². The molecule has 9 heteroatoms. The maximum atomic E-state index is 14.9. The summed E-state index contributed by atoms with van der Waals surface area (Å²) >= 11 is 6.20. The molecule has 7 nitrogen and oxygen atoms in total. The highest BCUT2D eigenvalue weighted by atomic mass is 35.5. The molecule has 0 spiro atoms. The van der Waals surface area contributed by atoms with Crippen LogP contribution in [0.4, 0.5) is 9.18 Å². The van der Waals surface area contributed by atoms with Crippen molar-refractivity contribution in [3.8, 4) is 11.5 Å². The summed E-state index contributed by atoms with van der Waals surface area (Å²) in [6.45, 7) is 5.60. The van der Waals surface area contributed by atoms with Crippen molar-refractivity contribution in [2.45, 2.75) is 64.0 Å². The summed E-state index contributed by atoms with van der Waals surface area (Å²) in [5, 5.41) is 0.901. The normalized spacial score (nSPS) is 22.1. The summed E-state index contributed by atoms with van der Waals surface area (Å²) in [6, 6.07) is 3.45. The molecule has 30 heavy (non-hydrogen) atoms. The number of halogens is 2. The predicted molar refractivity (Wildman–Crippen MR) is 110 cm³/mol. The van der Waals surface area contributed by atoms with E-state index >= 15 is 0 Å². The number of aromatic nitrogens is 2. The topological polar surface area (TPSA) is 73.8 Å². The molecule has 162 valence electrons. The van der Waals surface area contributed by atoms with Gasteiger partial charge in [-0.1, -0.05) is 11.6 Å². The minimum atomic E-state index is -1.36. The van der Waals surface area contributed by atoms with Crippen molar-refractivity contribution in [2.75, 3.05) is 13.1 Å². The van der Waals surface area contributed by atoms with Crippen molar-refractivity contribution >= 4 is 28.6 Å². The van der Waals surface area contributed by atoms with E-state index in [2.05, 4.69) is 9.97 Å². The minimum absolute atomic E-state index is 0.0875. The molecule has 1 saturated heterocycles. The first-order valence-electron chi connectivity index (χ1n) is 10.1. The highest BCUT2D eigenvalue weighted by Gasteiger charge is 2.36. The molecule has 2 aromatic rings. The van der Waals surface area contributed by atoms with E-state index in [1.165, 1.54) is 11.2 Å². The van der Waals surface area contributed by atoms with Gasteiger partial charge in [0.25, 0.3) is 0 Å². The fourth-order valence-corrected chi connectivity index (χ4v) is 3.45. The number of ether oxygens (including phenoxy) is 3. The molecule has 1 aliphatic heterocycles. The lowest BCUT2D eigenvalue weighted by atomic mass is 10.1. The van der Waals surface area contributed by atoms with Crippen LogP contribution in [0.25, 0.3) is 10.9 Å². The van der Waals surface area contributed by atoms with Gasteiger partial charge < -0.3 is 19.1 Å². The molecule has 0 N–H and O–H groups in total. The first-order chi connectivity index (χ1) is 14.2. The zero-order valence-electron chi connectivity index (χ0n) is 17.2. The summed E-state index contributed by atoms with van der Waals surface area (Å²) in [5.41, 5.74) is 0.00658. The Morgan fingerprint density at radius 2 is 1.90 bits per heavy atom. The van der Waals surface area contributed by atoms with Crippen LogP contribution in [0.15, 0.2) is 18.5 Å². The van der Waals surface area contributed by atoms with Gasteiger partial charge >= 0.3 is 6.09 Å². The highest BCUT2D eigenvalue weighted by Crippen LogP contribution is 2.39. The summed E-state index contributed by atoms with van der Waals surface area (Å²) in [5.74, 6) is 0.922. The number of likely N-dealkylation sites (tertiary alicyclic amines) is 1. The molecule has 2 atom stereocenters. The first-order valence-corrected chi connectivity index (χ1v) is 10.5. The largest absolute Gasteiger partial charge is 0.486 e. The molecular weight excluding hydrogens is 413 g/mol. The predicted octanol–water partition coefficient (Wildman–Crippen LogP) is 4.55. The zero-order chi connectivity index (χ0) is 21.5. The Morgan fingerprint density at radius 3 is 2.57 bits per heavy atom. The summed E-state index contributed by atoms with van der Waals surface area (Å²) < 4.78 is 32.2. The van der Waals surface area contributed by atoms with Crippen molar-refractivity contribution in [1.82, 2.24) is 14.9 Å². The van der Waals surface area contributed by atoms with Crippen LogP contribution in [0.5, 0.6) is 11.5 Å². The highest BCUT2D eigenvalue weighted by molar-refractivity contribution is 6.34. The van der Waals surface area contributed by atoms with E-state index in [4.69, 9.17) is 25.8 Å². The molecule has 1 aromatic heterocycles. The standard InChI is InChI=1S/C21H25ClFN3O4/c1-21(2,3)30-20(27)26-7-6-16(14(23)10-26)29-17-8-13-15(24-11-25-19(13)22)9-18(17)28-12-4-5-12/h8-9,11-12,14,16H,4-7,10H2,1-3H3/t14-,16-/m1/s1. The Morgan fingerprint density at radius 1 is 1.17 bits per heavy atom. The van der Waals surface area contributed by atoms with Gasteiger partial charge in [-0.05, 0) is 39.7 Å². The van der Waals surface area contributed by atoms with Gasteiger partial charge in [0.15, 0.2) is 17.7 Å². The van der Waals surface area contributed by atoms with Gasteiger partial charge in [0.2, 0.25) is 0 Å². The van der Waals surface area contributed by atoms with E-state index in [9.17, 15) is 9.18 Å². The van der Waals surface area contributed by atoms with Crippen LogP contribution in [-0.4, -0.2) is 58.0 Å². The van der Waals surface area contributed by atoms with Crippen LogP contribution in [0, 0.1) is 0 Å². The van der Waals surface area contributed by atoms with Crippen molar-refractivity contribution in [3.05, 3.63) is 23.6 Å². The van der Waals surface area contributed by atoms with Crippen molar-refractivity contribution in [2.24, 2.45) is 0 Å². The smallest absolute Gasteiger partial charge is 0.410 e. The van der Waals surface area contributed by atoms with Gasteiger partial charge in [0.1, 0.15) is 23.2 Å². The SMILES string of the molecule is CC(C)(C)OC(=O)N1CC[C@@H](Oc2cc3c(Cl)ncnc3cc2OC2CC2)[C@H](F)C1. The second-order valence-corrected chi connectivity index (χ2v) is 9.04. The van der Waals surface area contributed by atoms with Crippen molar-refractivity contribution in [1.29, 1.82) is 0 Å². The molecule has 1 saturated carbocycles. The lowest BCUT2D eigenvalue weighted by Gasteiger charge is -2.35. The molecule has 1 aliphatic carbocycles. The van der Waals surface area contributed by atoms with Gasteiger partial charge in [-0.2, -0.15) is 0 Å². The van der Waals surface area contributed by atoms with Crippen molar-refractivity contribution < 1.29 is 23.4 Å².